The fraction of sp³-hybridized carbons (Fsp3) is 0.840. The van der Waals surface area contributed by atoms with E-state index in [-0.39, 0.29) is 40.9 Å². The predicted octanol–water partition coefficient (Wildman–Crippen LogP) is 10.8. The molecular weight excluding hydrogens is 737 g/mol. The lowest BCUT2D eigenvalue weighted by Gasteiger charge is -2.47. The van der Waals surface area contributed by atoms with E-state index in [1.54, 1.807) is 4.90 Å². The van der Waals surface area contributed by atoms with Crippen molar-refractivity contribution in [2.75, 3.05) is 26.2 Å². The van der Waals surface area contributed by atoms with Crippen molar-refractivity contribution in [2.24, 2.45) is 16.2 Å². The number of rotatable bonds is 18. The smallest absolute Gasteiger partial charge is 0.409 e. The lowest BCUT2D eigenvalue weighted by molar-refractivity contribution is -0.140. The Hall–Kier alpha value is -2.36. The Balaban J connectivity index is 2.06. The quantitative estimate of drug-likeness (QED) is 0.104. The first-order valence-electron chi connectivity index (χ1n) is 22.8. The summed E-state index contributed by atoms with van der Waals surface area (Å²) in [5, 5.41) is 7.37. The fourth-order valence-electron chi connectivity index (χ4n) is 9.79. The summed E-state index contributed by atoms with van der Waals surface area (Å²) in [7, 11) is 0. The average molecular weight is 827 g/mol. The van der Waals surface area contributed by atoms with E-state index < -0.39 is 32.9 Å². The average Bonchev–Trinajstić information content (AvgIpc) is 3.69. The van der Waals surface area contributed by atoms with E-state index in [1.165, 1.54) is 0 Å². The van der Waals surface area contributed by atoms with Crippen molar-refractivity contribution >= 4 is 23.4 Å². The van der Waals surface area contributed by atoms with Crippen LogP contribution in [-0.4, -0.2) is 92.7 Å². The van der Waals surface area contributed by atoms with Crippen molar-refractivity contribution in [1.29, 1.82) is 0 Å². The molecule has 0 saturated carbocycles. The molecular formula is C50H90N4O5. The summed E-state index contributed by atoms with van der Waals surface area (Å²) in [4.78, 5) is 59.1. The Labute approximate surface area is 362 Å². The Bertz CT molecular complexity index is 1490. The predicted molar refractivity (Wildman–Crippen MR) is 246 cm³/mol. The molecule has 59 heavy (non-hydrogen) atoms. The largest absolute Gasteiger partial charge is 0.449 e. The Morgan fingerprint density at radius 1 is 0.627 bits per heavy atom. The first-order valence-corrected chi connectivity index (χ1v) is 22.8. The van der Waals surface area contributed by atoms with Gasteiger partial charge >= 0.3 is 6.09 Å². The fourth-order valence-corrected chi connectivity index (χ4v) is 9.79. The minimum absolute atomic E-state index is 0.0971. The van der Waals surface area contributed by atoms with E-state index in [0.29, 0.717) is 38.1 Å². The van der Waals surface area contributed by atoms with Crippen LogP contribution in [0.15, 0.2) is 24.3 Å². The maximum Gasteiger partial charge on any atom is 0.409 e. The van der Waals surface area contributed by atoms with Gasteiger partial charge in [0, 0.05) is 46.0 Å². The number of carbonyl (C=O) groups excluding carboxylic acids is 4. The van der Waals surface area contributed by atoms with Gasteiger partial charge in [-0.15, -0.1) is 0 Å². The maximum atomic E-state index is 14.4. The number of ether oxygens (including phenoxy) is 1. The van der Waals surface area contributed by atoms with Crippen LogP contribution >= 0.6 is 0 Å². The van der Waals surface area contributed by atoms with Gasteiger partial charge in [-0.05, 0) is 139 Å². The molecule has 2 fully saturated rings. The third-order valence-corrected chi connectivity index (χ3v) is 11.6. The first-order chi connectivity index (χ1) is 26.6. The van der Waals surface area contributed by atoms with Gasteiger partial charge in [0.15, 0.2) is 17.3 Å². The molecule has 340 valence electrons. The number of unbranched alkanes of at least 4 members (excludes halogenated alkanes) is 2. The highest BCUT2D eigenvalue weighted by molar-refractivity contribution is 5.95. The summed E-state index contributed by atoms with van der Waals surface area (Å²) >= 11 is 0. The molecule has 2 heterocycles. The van der Waals surface area contributed by atoms with Gasteiger partial charge < -0.3 is 15.0 Å². The number of hydrogen-bond donors (Lipinski definition) is 2. The summed E-state index contributed by atoms with van der Waals surface area (Å²) in [6.45, 7) is 39.2. The topological polar surface area (TPSA) is 108 Å². The van der Waals surface area contributed by atoms with E-state index in [0.717, 1.165) is 57.9 Å². The molecule has 0 aromatic rings. The van der Waals surface area contributed by atoms with E-state index in [1.807, 2.05) is 83.1 Å². The molecule has 2 saturated heterocycles. The first kappa shape index (κ1) is 52.8. The number of likely N-dealkylation sites (tertiary alicyclic amines) is 2. The van der Waals surface area contributed by atoms with Crippen molar-refractivity contribution < 1.29 is 23.9 Å². The molecule has 0 bridgehead atoms. The second-order valence-electron chi connectivity index (χ2n) is 24.1. The molecule has 0 radical (unpaired) electrons. The highest BCUT2D eigenvalue weighted by atomic mass is 16.6. The molecule has 0 spiro atoms. The minimum atomic E-state index is -0.794. The minimum Gasteiger partial charge on any atom is -0.449 e. The lowest BCUT2D eigenvalue weighted by Crippen LogP contribution is -2.63. The molecule has 1 amide bonds. The standard InChI is InChI=1S/C50H90N4O5/c1-42(2,3)38(55)48(51-45(10,11)12,30-25-21-22-26-31-50(40(57)44(7,8)9)32-28-34-54(50)47(16,17)18)29-24-20-19-23-27-36-59-41(58)53-35-33-49(37-53,52-46(13,14)15)39(56)43(4,5)6/h19,22-23,26,51-52H,20-21,24-25,27-37H2,1-18H3/b23-19+,26-22+/t48?,49-,50-/m0/s1. The zero-order valence-electron chi connectivity index (χ0n) is 41.4. The zero-order valence-corrected chi connectivity index (χ0v) is 41.4. The SMILES string of the molecule is CC(C)(C)NC(CCC/C=C/CCOC(=O)N1CC[C@@](NC(C)(C)C)(C(=O)C(C)(C)C)C1)(CCC/C=C/C[C@@]1(C(=O)C(C)(C)C)CCCN1C(C)(C)C)C(=O)C(C)(C)C. The summed E-state index contributed by atoms with van der Waals surface area (Å²) in [6.07, 6.45) is 16.9. The number of ketones is 3. The number of nitrogens with one attached hydrogen (secondary N) is 2. The number of carbonyl (C=O) groups is 4. The second kappa shape index (κ2) is 19.8. The Morgan fingerprint density at radius 2 is 1.15 bits per heavy atom. The van der Waals surface area contributed by atoms with E-state index in [9.17, 15) is 19.2 Å². The summed E-state index contributed by atoms with van der Waals surface area (Å²) in [5.74, 6) is 0.690. The molecule has 2 aliphatic heterocycles. The van der Waals surface area contributed by atoms with Crippen LogP contribution in [0.4, 0.5) is 4.79 Å². The van der Waals surface area contributed by atoms with Gasteiger partial charge in [-0.1, -0.05) is 86.6 Å². The highest BCUT2D eigenvalue weighted by Gasteiger charge is 2.53. The van der Waals surface area contributed by atoms with E-state index in [4.69, 9.17) is 4.74 Å². The Kier molecular flexibility index (Phi) is 17.7. The number of hydrogen-bond acceptors (Lipinski definition) is 8. The van der Waals surface area contributed by atoms with Crippen molar-refractivity contribution in [1.82, 2.24) is 20.4 Å². The van der Waals surface area contributed by atoms with Gasteiger partial charge in [0.2, 0.25) is 0 Å². The number of Topliss-reactive ketones (excluding diaryl/α,β-unsaturated/α-hetero) is 3. The van der Waals surface area contributed by atoms with Crippen LogP contribution in [-0.2, 0) is 19.1 Å². The molecule has 0 aromatic carbocycles. The monoisotopic (exact) mass is 827 g/mol. The summed E-state index contributed by atoms with van der Waals surface area (Å²) < 4.78 is 5.67. The number of nitrogens with zero attached hydrogens (tertiary/aromatic N) is 2. The van der Waals surface area contributed by atoms with Crippen LogP contribution in [0, 0.1) is 16.2 Å². The summed E-state index contributed by atoms with van der Waals surface area (Å²) in [6, 6.07) is 0. The van der Waals surface area contributed by atoms with Crippen LogP contribution in [0.3, 0.4) is 0 Å². The van der Waals surface area contributed by atoms with Crippen LogP contribution in [0.1, 0.15) is 195 Å². The number of allylic oxidation sites excluding steroid dienone is 2. The molecule has 2 rings (SSSR count). The molecule has 0 aromatic heterocycles. The third kappa shape index (κ3) is 15.2. The lowest BCUT2D eigenvalue weighted by atomic mass is 9.72. The normalized spacial score (nSPS) is 22.7. The maximum absolute atomic E-state index is 14.4. The van der Waals surface area contributed by atoms with Crippen LogP contribution < -0.4 is 10.6 Å². The van der Waals surface area contributed by atoms with Gasteiger partial charge in [0.05, 0.1) is 23.2 Å². The highest BCUT2D eigenvalue weighted by Crippen LogP contribution is 2.43. The summed E-state index contributed by atoms with van der Waals surface area (Å²) in [5.41, 5.74) is -4.06. The van der Waals surface area contributed by atoms with Crippen molar-refractivity contribution in [3.63, 3.8) is 0 Å². The molecule has 9 nitrogen and oxygen atoms in total. The van der Waals surface area contributed by atoms with E-state index >= 15 is 0 Å². The number of amides is 1. The van der Waals surface area contributed by atoms with Crippen LogP contribution in [0.25, 0.3) is 0 Å². The molecule has 0 aliphatic carbocycles. The van der Waals surface area contributed by atoms with Gasteiger partial charge in [-0.2, -0.15) is 0 Å². The third-order valence-electron chi connectivity index (χ3n) is 11.6. The molecule has 3 atom stereocenters. The molecule has 9 heteroatoms. The van der Waals surface area contributed by atoms with Crippen LogP contribution in [0.2, 0.25) is 0 Å². The van der Waals surface area contributed by atoms with Crippen molar-refractivity contribution in [2.45, 2.75) is 228 Å². The van der Waals surface area contributed by atoms with Gasteiger partial charge in [0.1, 0.15) is 0 Å². The van der Waals surface area contributed by atoms with Crippen molar-refractivity contribution in [3.8, 4) is 0 Å². The van der Waals surface area contributed by atoms with Crippen molar-refractivity contribution in [3.05, 3.63) is 24.3 Å². The van der Waals surface area contributed by atoms with Gasteiger partial charge in [-0.3, -0.25) is 24.6 Å². The Morgan fingerprint density at radius 3 is 1.63 bits per heavy atom. The molecule has 2 N–H and O–H groups in total. The van der Waals surface area contributed by atoms with Gasteiger partial charge in [0.25, 0.3) is 0 Å². The molecule has 2 aliphatic rings. The van der Waals surface area contributed by atoms with Gasteiger partial charge in [-0.25, -0.2) is 4.79 Å². The van der Waals surface area contributed by atoms with E-state index in [2.05, 4.69) is 81.4 Å². The second-order valence-corrected chi connectivity index (χ2v) is 24.1. The van der Waals surface area contributed by atoms with Crippen LogP contribution in [0.5, 0.6) is 0 Å². The zero-order chi connectivity index (χ0) is 45.5. The molecule has 1 unspecified atom stereocenters.